The van der Waals surface area contributed by atoms with Gasteiger partial charge in [-0.05, 0) is 68.7 Å². The van der Waals surface area contributed by atoms with Crippen LogP contribution in [0.5, 0.6) is 0 Å². The summed E-state index contributed by atoms with van der Waals surface area (Å²) in [5, 5.41) is 3.92. The summed E-state index contributed by atoms with van der Waals surface area (Å²) in [6.07, 6.45) is 7.10. The number of methoxy groups -OCH3 is 1. The number of piperidine rings is 1. The second-order valence-corrected chi connectivity index (χ2v) is 9.05. The molecule has 7 rings (SSSR count). The molecule has 0 radical (unpaired) electrons. The summed E-state index contributed by atoms with van der Waals surface area (Å²) in [4.78, 5) is 15.7. The number of esters is 1. The van der Waals surface area contributed by atoms with Gasteiger partial charge in [-0.2, -0.15) is 0 Å². The molecule has 6 heteroatoms. The van der Waals surface area contributed by atoms with E-state index < -0.39 is 0 Å². The molecule has 0 unspecified atom stereocenters. The smallest absolute Gasteiger partial charge is 0.311 e. The molecule has 27 heavy (non-hydrogen) atoms. The number of ether oxygens (including phenoxy) is 1. The molecule has 3 aliphatic heterocycles. The van der Waals surface area contributed by atoms with Crippen LogP contribution in [-0.4, -0.2) is 42.6 Å². The van der Waals surface area contributed by atoms with Crippen molar-refractivity contribution in [3.8, 4) is 0 Å². The summed E-state index contributed by atoms with van der Waals surface area (Å²) >= 11 is 0. The van der Waals surface area contributed by atoms with Crippen molar-refractivity contribution in [2.75, 3.05) is 25.5 Å². The quantitative estimate of drug-likeness (QED) is 0.591. The van der Waals surface area contributed by atoms with Gasteiger partial charge in [-0.1, -0.05) is 18.2 Å². The Morgan fingerprint density at radius 2 is 1.96 bits per heavy atom. The molecule has 6 aliphatic rings. The third-order valence-corrected chi connectivity index (χ3v) is 8.60. The molecule has 3 heterocycles. The Bertz CT molecular complexity index is 789. The molecule has 1 aromatic rings. The van der Waals surface area contributed by atoms with E-state index in [4.69, 9.17) is 4.74 Å². The first kappa shape index (κ1) is 19.7. The molecule has 3 saturated carbocycles. The Balaban J connectivity index is 0.000000900. The number of anilines is 1. The average Bonchev–Trinajstić information content (AvgIpc) is 3.19. The van der Waals surface area contributed by atoms with Gasteiger partial charge in [0.1, 0.15) is 0 Å². The van der Waals surface area contributed by atoms with E-state index in [2.05, 4.69) is 34.5 Å². The van der Waals surface area contributed by atoms with Crippen molar-refractivity contribution < 1.29 is 9.53 Å². The lowest BCUT2D eigenvalue weighted by atomic mass is 9.39. The van der Waals surface area contributed by atoms with Crippen molar-refractivity contribution in [1.29, 1.82) is 0 Å². The molecular weight excluding hydrogens is 472 g/mol. The second kappa shape index (κ2) is 6.20. The van der Waals surface area contributed by atoms with Gasteiger partial charge in [0.15, 0.2) is 0 Å². The normalized spacial score (nSPS) is 42.7. The van der Waals surface area contributed by atoms with Gasteiger partial charge in [0.2, 0.25) is 0 Å². The third kappa shape index (κ3) is 2.00. The van der Waals surface area contributed by atoms with Gasteiger partial charge in [-0.3, -0.25) is 9.69 Å². The first-order chi connectivity index (χ1) is 12.2. The topological polar surface area (TPSA) is 41.6 Å². The zero-order valence-corrected chi connectivity index (χ0v) is 19.1. The molecule has 5 atom stereocenters. The largest absolute Gasteiger partial charge is 0.469 e. The van der Waals surface area contributed by atoms with Gasteiger partial charge in [-0.15, -0.1) is 34.0 Å². The highest BCUT2D eigenvalue weighted by Gasteiger charge is 2.78. The summed E-state index contributed by atoms with van der Waals surface area (Å²) in [5.41, 5.74) is 2.97. The maximum atomic E-state index is 12.9. The predicted molar refractivity (Wildman–Crippen MR) is 116 cm³/mol. The lowest BCUT2D eigenvalue weighted by Gasteiger charge is -2.69. The molecule has 148 valence electrons. The highest BCUT2D eigenvalue weighted by molar-refractivity contribution is 8.93. The molecule has 4 nitrogen and oxygen atoms in total. The number of para-hydroxylation sites is 1. The van der Waals surface area contributed by atoms with Crippen molar-refractivity contribution in [3.05, 3.63) is 29.8 Å². The van der Waals surface area contributed by atoms with Crippen LogP contribution in [0.3, 0.4) is 0 Å². The summed E-state index contributed by atoms with van der Waals surface area (Å²) in [7, 11) is 1.56. The first-order valence-electron chi connectivity index (χ1n) is 9.87. The Hall–Kier alpha value is -0.590. The monoisotopic (exact) mass is 498 g/mol. The number of benzene rings is 1. The van der Waals surface area contributed by atoms with Crippen LogP contribution in [-0.2, 0) is 14.9 Å². The van der Waals surface area contributed by atoms with Crippen LogP contribution in [0.15, 0.2) is 24.3 Å². The summed E-state index contributed by atoms with van der Waals surface area (Å²) in [5.74, 6) is -0.0193. The fourth-order valence-corrected chi connectivity index (χ4v) is 8.03. The van der Waals surface area contributed by atoms with Crippen LogP contribution in [0, 0.1) is 11.3 Å². The van der Waals surface area contributed by atoms with E-state index in [0.717, 1.165) is 12.8 Å². The van der Waals surface area contributed by atoms with Crippen molar-refractivity contribution >= 4 is 45.6 Å². The molecule has 2 bridgehead atoms. The second-order valence-electron chi connectivity index (χ2n) is 9.05. The van der Waals surface area contributed by atoms with E-state index in [-0.39, 0.29) is 56.8 Å². The number of carbonyl (C=O) groups is 1. The molecule has 1 aromatic carbocycles. The van der Waals surface area contributed by atoms with Gasteiger partial charge < -0.3 is 10.1 Å². The van der Waals surface area contributed by atoms with Crippen molar-refractivity contribution in [1.82, 2.24) is 4.90 Å². The average molecular weight is 500 g/mol. The van der Waals surface area contributed by atoms with E-state index in [9.17, 15) is 4.79 Å². The Kier molecular flexibility index (Phi) is 4.53. The van der Waals surface area contributed by atoms with E-state index in [1.807, 2.05) is 0 Å². The first-order valence-corrected chi connectivity index (χ1v) is 9.87. The predicted octanol–water partition coefficient (Wildman–Crippen LogP) is 4.09. The maximum Gasteiger partial charge on any atom is 0.311 e. The lowest BCUT2D eigenvalue weighted by Crippen LogP contribution is -2.76. The molecule has 5 fully saturated rings. The number of rotatable bonds is 1. The van der Waals surface area contributed by atoms with E-state index in [1.54, 1.807) is 7.11 Å². The molecule has 0 amide bonds. The number of hydrogen-bond acceptors (Lipinski definition) is 4. The lowest BCUT2D eigenvalue weighted by molar-refractivity contribution is -0.171. The van der Waals surface area contributed by atoms with Crippen molar-refractivity contribution in [3.63, 3.8) is 0 Å². The highest BCUT2D eigenvalue weighted by atomic mass is 79.9. The molecule has 3 aliphatic carbocycles. The highest BCUT2D eigenvalue weighted by Crippen LogP contribution is 2.74. The Labute approximate surface area is 181 Å². The van der Waals surface area contributed by atoms with Crippen molar-refractivity contribution in [2.24, 2.45) is 11.3 Å². The third-order valence-electron chi connectivity index (χ3n) is 8.60. The molecule has 2 saturated heterocycles. The number of fused-ring (bicyclic) bond motifs is 3. The Morgan fingerprint density at radius 1 is 1.15 bits per heavy atom. The molecule has 1 N–H and O–H groups in total. The maximum absolute atomic E-state index is 12.9. The van der Waals surface area contributed by atoms with Gasteiger partial charge >= 0.3 is 5.97 Å². The zero-order chi connectivity index (χ0) is 16.9. The van der Waals surface area contributed by atoms with Gasteiger partial charge in [0, 0.05) is 17.1 Å². The van der Waals surface area contributed by atoms with E-state index >= 15 is 0 Å². The number of nitrogens with one attached hydrogen (secondary N) is 1. The van der Waals surface area contributed by atoms with Gasteiger partial charge in [0.05, 0.1) is 18.6 Å². The SMILES string of the molecule is Br.Br.COC(=O)[C@@H]1C[C@@]23CCCN4CC[C@@]5(c6ccccc6N[C@]15CC2)[C@@H]43. The fourth-order valence-electron chi connectivity index (χ4n) is 8.03. The number of halogens is 2. The summed E-state index contributed by atoms with van der Waals surface area (Å²) in [6.45, 7) is 2.41. The van der Waals surface area contributed by atoms with Crippen LogP contribution in [0.4, 0.5) is 5.69 Å². The molecule has 3 spiro atoms. The minimum atomic E-state index is -0.151. The van der Waals surface area contributed by atoms with Crippen LogP contribution in [0.2, 0.25) is 0 Å². The fraction of sp³-hybridized carbons (Fsp3) is 0.667. The van der Waals surface area contributed by atoms with Crippen LogP contribution < -0.4 is 5.32 Å². The summed E-state index contributed by atoms with van der Waals surface area (Å²) < 4.78 is 5.33. The summed E-state index contributed by atoms with van der Waals surface area (Å²) in [6, 6.07) is 9.45. The van der Waals surface area contributed by atoms with Gasteiger partial charge in [-0.25, -0.2) is 0 Å². The zero-order valence-electron chi connectivity index (χ0n) is 15.7. The minimum Gasteiger partial charge on any atom is -0.469 e. The number of hydrogen-bond donors (Lipinski definition) is 1. The standard InChI is InChI=1S/C21H26N2O2.2BrH/c1-25-17(24)15-13-19-7-4-11-23-12-10-20(18(19)23)14-5-2-3-6-16(14)22-21(15,20)9-8-19;;/h2-3,5-6,15,18,22H,4,7-13H2,1H3;2*1H/t15-,18-,19+,20+,21+;;/m0../s1. The van der Waals surface area contributed by atoms with E-state index in [0.29, 0.717) is 11.5 Å². The molecular formula is C21H28Br2N2O2. The van der Waals surface area contributed by atoms with E-state index in [1.165, 1.54) is 50.0 Å². The number of carbonyl (C=O) groups excluding carboxylic acids is 1. The minimum absolute atomic E-state index is 0. The number of nitrogens with zero attached hydrogens (tertiary/aromatic N) is 1. The van der Waals surface area contributed by atoms with Crippen LogP contribution in [0.25, 0.3) is 0 Å². The van der Waals surface area contributed by atoms with Crippen molar-refractivity contribution in [2.45, 2.75) is 55.5 Å². The van der Waals surface area contributed by atoms with Crippen LogP contribution in [0.1, 0.15) is 44.1 Å². The van der Waals surface area contributed by atoms with Crippen LogP contribution >= 0.6 is 34.0 Å². The Morgan fingerprint density at radius 3 is 2.78 bits per heavy atom. The van der Waals surface area contributed by atoms with Gasteiger partial charge in [0.25, 0.3) is 0 Å². The molecule has 0 aromatic heterocycles.